The molecule has 2 rings (SSSR count). The van der Waals surface area contributed by atoms with Gasteiger partial charge in [0.15, 0.2) is 0 Å². The van der Waals surface area contributed by atoms with Gasteiger partial charge in [-0.15, -0.1) is 0 Å². The first-order valence-electron chi connectivity index (χ1n) is 6.04. The molecule has 1 aromatic rings. The van der Waals surface area contributed by atoms with E-state index in [4.69, 9.17) is 0 Å². The molecule has 1 nitrogen and oxygen atoms in total. The van der Waals surface area contributed by atoms with Gasteiger partial charge in [-0.1, -0.05) is 12.1 Å². The van der Waals surface area contributed by atoms with Crippen LogP contribution in [0.2, 0.25) is 0 Å². The molecule has 0 aromatic heterocycles. The molecule has 1 aromatic carbocycles. The van der Waals surface area contributed by atoms with Gasteiger partial charge in [-0.05, 0) is 60.4 Å². The van der Waals surface area contributed by atoms with Crippen molar-refractivity contribution in [3.8, 4) is 0 Å². The topological polar surface area (TPSA) is 12.0 Å². The first kappa shape index (κ1) is 14.0. The van der Waals surface area contributed by atoms with Crippen molar-refractivity contribution in [3.05, 3.63) is 27.8 Å². The summed E-state index contributed by atoms with van der Waals surface area (Å²) >= 11 is 2.23. The Kier molecular flexibility index (Phi) is 4.40. The van der Waals surface area contributed by atoms with Gasteiger partial charge in [-0.25, -0.2) is 0 Å². The number of anilines is 1. The van der Waals surface area contributed by atoms with E-state index in [0.717, 1.165) is 9.26 Å². The molecule has 1 aliphatic carbocycles. The fourth-order valence-electron chi connectivity index (χ4n) is 2.36. The molecule has 0 radical (unpaired) electrons. The highest BCUT2D eigenvalue weighted by Gasteiger charge is 2.41. The predicted molar refractivity (Wildman–Crippen MR) is 74.6 cm³/mol. The Bertz CT molecular complexity index is 397. The zero-order valence-electron chi connectivity index (χ0n) is 9.80. The average Bonchev–Trinajstić information content (AvgIpc) is 2.32. The first-order chi connectivity index (χ1) is 8.47. The number of benzene rings is 1. The standard InChI is InChI=1S/C13H15F3IN/c14-13(15,16)9-5-7-10(8-6-9)18-12-4-2-1-3-11(12)17/h1-4,9-10,18H,5-8H2. The summed E-state index contributed by atoms with van der Waals surface area (Å²) in [7, 11) is 0. The van der Waals surface area contributed by atoms with Crippen LogP contribution >= 0.6 is 22.6 Å². The second kappa shape index (κ2) is 5.67. The third-order valence-electron chi connectivity index (χ3n) is 3.42. The Morgan fingerprint density at radius 1 is 1.06 bits per heavy atom. The van der Waals surface area contributed by atoms with Crippen molar-refractivity contribution < 1.29 is 13.2 Å². The van der Waals surface area contributed by atoms with E-state index in [2.05, 4.69) is 27.9 Å². The summed E-state index contributed by atoms with van der Waals surface area (Å²) < 4.78 is 38.7. The highest BCUT2D eigenvalue weighted by molar-refractivity contribution is 14.1. The molecular formula is C13H15F3IN. The third-order valence-corrected chi connectivity index (χ3v) is 4.36. The van der Waals surface area contributed by atoms with E-state index in [-0.39, 0.29) is 18.9 Å². The molecule has 0 atom stereocenters. The van der Waals surface area contributed by atoms with Crippen LogP contribution in [-0.4, -0.2) is 12.2 Å². The van der Waals surface area contributed by atoms with E-state index in [9.17, 15) is 13.2 Å². The molecule has 18 heavy (non-hydrogen) atoms. The van der Waals surface area contributed by atoms with Gasteiger partial charge >= 0.3 is 6.18 Å². The van der Waals surface area contributed by atoms with Crippen LogP contribution in [0.4, 0.5) is 18.9 Å². The van der Waals surface area contributed by atoms with Gasteiger partial charge in [-0.2, -0.15) is 13.2 Å². The van der Waals surface area contributed by atoms with Crippen molar-refractivity contribution >= 4 is 28.3 Å². The van der Waals surface area contributed by atoms with Crippen molar-refractivity contribution in [1.82, 2.24) is 0 Å². The molecule has 0 aliphatic heterocycles. The SMILES string of the molecule is FC(F)(F)C1CCC(Nc2ccccc2I)CC1. The molecule has 0 amide bonds. The third kappa shape index (κ3) is 3.52. The fourth-order valence-corrected chi connectivity index (χ4v) is 2.91. The van der Waals surface area contributed by atoms with Crippen LogP contribution in [0.1, 0.15) is 25.7 Å². The largest absolute Gasteiger partial charge is 0.391 e. The highest BCUT2D eigenvalue weighted by Crippen LogP contribution is 2.38. The molecule has 0 unspecified atom stereocenters. The van der Waals surface area contributed by atoms with Gasteiger partial charge in [0.2, 0.25) is 0 Å². The Morgan fingerprint density at radius 3 is 2.22 bits per heavy atom. The molecule has 0 heterocycles. The molecule has 0 saturated heterocycles. The van der Waals surface area contributed by atoms with E-state index in [1.807, 2.05) is 24.3 Å². The van der Waals surface area contributed by atoms with Gasteiger partial charge in [0.1, 0.15) is 0 Å². The minimum Gasteiger partial charge on any atom is -0.381 e. The minimum atomic E-state index is -4.02. The highest BCUT2D eigenvalue weighted by atomic mass is 127. The lowest BCUT2D eigenvalue weighted by atomic mass is 9.85. The van der Waals surface area contributed by atoms with Crippen LogP contribution in [-0.2, 0) is 0 Å². The molecular weight excluding hydrogens is 354 g/mol. The molecule has 5 heteroatoms. The number of nitrogens with one attached hydrogen (secondary N) is 1. The summed E-state index contributed by atoms with van der Waals surface area (Å²) in [5, 5.41) is 3.35. The summed E-state index contributed by atoms with van der Waals surface area (Å²) in [5.74, 6) is -1.11. The molecule has 0 bridgehead atoms. The summed E-state index contributed by atoms with van der Waals surface area (Å²) in [6.45, 7) is 0. The van der Waals surface area contributed by atoms with Crippen LogP contribution in [0.15, 0.2) is 24.3 Å². The Balaban J connectivity index is 1.90. The van der Waals surface area contributed by atoms with Crippen molar-refractivity contribution in [3.63, 3.8) is 0 Å². The molecule has 1 saturated carbocycles. The molecule has 100 valence electrons. The van der Waals surface area contributed by atoms with Crippen molar-refractivity contribution in [2.75, 3.05) is 5.32 Å². The fraction of sp³-hybridized carbons (Fsp3) is 0.538. The lowest BCUT2D eigenvalue weighted by Gasteiger charge is -2.31. The van der Waals surface area contributed by atoms with Gasteiger partial charge in [0, 0.05) is 15.3 Å². The maximum atomic E-state index is 12.5. The van der Waals surface area contributed by atoms with Crippen LogP contribution in [0.3, 0.4) is 0 Å². The number of halogens is 4. The van der Waals surface area contributed by atoms with Gasteiger partial charge in [-0.3, -0.25) is 0 Å². The Labute approximate surface area is 118 Å². The maximum absolute atomic E-state index is 12.5. The number of rotatable bonds is 2. The zero-order valence-corrected chi connectivity index (χ0v) is 12.0. The lowest BCUT2D eigenvalue weighted by Crippen LogP contribution is -2.32. The summed E-state index contributed by atoms with van der Waals surface area (Å²) in [6, 6.07) is 8.01. The molecule has 1 fully saturated rings. The van der Waals surface area contributed by atoms with Gasteiger partial charge in [0.25, 0.3) is 0 Å². The van der Waals surface area contributed by atoms with Crippen molar-refractivity contribution in [2.45, 2.75) is 37.9 Å². The van der Waals surface area contributed by atoms with Gasteiger partial charge < -0.3 is 5.32 Å². The molecule has 1 aliphatic rings. The van der Waals surface area contributed by atoms with Crippen LogP contribution < -0.4 is 5.32 Å². The number of para-hydroxylation sites is 1. The van der Waals surface area contributed by atoms with E-state index < -0.39 is 12.1 Å². The monoisotopic (exact) mass is 369 g/mol. The smallest absolute Gasteiger partial charge is 0.381 e. The van der Waals surface area contributed by atoms with E-state index in [0.29, 0.717) is 12.8 Å². The first-order valence-corrected chi connectivity index (χ1v) is 7.12. The second-order valence-corrected chi connectivity index (χ2v) is 5.88. The van der Waals surface area contributed by atoms with Crippen LogP contribution in [0.5, 0.6) is 0 Å². The van der Waals surface area contributed by atoms with E-state index in [1.165, 1.54) is 0 Å². The predicted octanol–water partition coefficient (Wildman–Crippen LogP) is 4.82. The summed E-state index contributed by atoms with van der Waals surface area (Å²) in [6.07, 6.45) is -2.36. The second-order valence-electron chi connectivity index (χ2n) is 4.71. The Hall–Kier alpha value is -0.460. The van der Waals surface area contributed by atoms with Crippen LogP contribution in [0, 0.1) is 9.49 Å². The number of hydrogen-bond acceptors (Lipinski definition) is 1. The minimum absolute atomic E-state index is 0.166. The quantitative estimate of drug-likeness (QED) is 0.737. The van der Waals surface area contributed by atoms with E-state index >= 15 is 0 Å². The average molecular weight is 369 g/mol. The summed E-state index contributed by atoms with van der Waals surface area (Å²) in [5.41, 5.74) is 1.02. The molecule has 1 N–H and O–H groups in total. The summed E-state index contributed by atoms with van der Waals surface area (Å²) in [4.78, 5) is 0. The Morgan fingerprint density at radius 2 is 1.67 bits per heavy atom. The van der Waals surface area contributed by atoms with E-state index in [1.54, 1.807) is 0 Å². The van der Waals surface area contributed by atoms with Crippen molar-refractivity contribution in [1.29, 1.82) is 0 Å². The number of alkyl halides is 3. The normalized spacial score (nSPS) is 24.9. The van der Waals surface area contributed by atoms with Crippen LogP contribution in [0.25, 0.3) is 0 Å². The lowest BCUT2D eigenvalue weighted by molar-refractivity contribution is -0.182. The molecule has 0 spiro atoms. The van der Waals surface area contributed by atoms with Gasteiger partial charge in [0.05, 0.1) is 5.92 Å². The maximum Gasteiger partial charge on any atom is 0.391 e. The zero-order chi connectivity index (χ0) is 13.2. The van der Waals surface area contributed by atoms with Crippen molar-refractivity contribution in [2.24, 2.45) is 5.92 Å². The number of hydrogen-bond donors (Lipinski definition) is 1.